The molecule has 2 N–H and O–H groups in total. The molecule has 0 saturated carbocycles. The third-order valence-corrected chi connectivity index (χ3v) is 2.43. The summed E-state index contributed by atoms with van der Waals surface area (Å²) in [5, 5.41) is 11.8. The molecule has 0 rings (SSSR count). The minimum absolute atomic E-state index is 0.0241. The molecule has 0 aromatic heterocycles. The lowest BCUT2D eigenvalue weighted by Gasteiger charge is -2.21. The second-order valence-electron chi connectivity index (χ2n) is 4.13. The van der Waals surface area contributed by atoms with Crippen LogP contribution in [0.1, 0.15) is 40.5 Å². The van der Waals surface area contributed by atoms with Gasteiger partial charge in [0.2, 0.25) is 5.91 Å². The molecule has 0 saturated heterocycles. The predicted octanol–water partition coefficient (Wildman–Crippen LogP) is 1.87. The first-order valence-corrected chi connectivity index (χ1v) is 5.61. The SMILES string of the molecule is CC/C=C(/C)C(=O)NC(CCO)C(C)C. The first-order valence-electron chi connectivity index (χ1n) is 5.61. The van der Waals surface area contributed by atoms with Crippen molar-refractivity contribution in [2.24, 2.45) is 5.92 Å². The van der Waals surface area contributed by atoms with E-state index in [2.05, 4.69) is 5.32 Å². The smallest absolute Gasteiger partial charge is 0.246 e. The molecule has 0 aliphatic carbocycles. The zero-order chi connectivity index (χ0) is 11.8. The van der Waals surface area contributed by atoms with Crippen molar-refractivity contribution in [1.29, 1.82) is 0 Å². The molecule has 1 amide bonds. The fraction of sp³-hybridized carbons (Fsp3) is 0.750. The van der Waals surface area contributed by atoms with Crippen molar-refractivity contribution in [2.75, 3.05) is 6.61 Å². The van der Waals surface area contributed by atoms with Gasteiger partial charge in [-0.3, -0.25) is 4.79 Å². The molecule has 3 heteroatoms. The highest BCUT2D eigenvalue weighted by atomic mass is 16.3. The minimum atomic E-state index is -0.0241. The molecule has 3 nitrogen and oxygen atoms in total. The molecule has 0 aliphatic heterocycles. The Bertz CT molecular complexity index is 222. The van der Waals surface area contributed by atoms with Gasteiger partial charge in [-0.25, -0.2) is 0 Å². The Kier molecular flexibility index (Phi) is 7.05. The number of carbonyl (C=O) groups excluding carboxylic acids is 1. The highest BCUT2D eigenvalue weighted by Gasteiger charge is 2.15. The van der Waals surface area contributed by atoms with Gasteiger partial charge in [-0.05, 0) is 25.7 Å². The van der Waals surface area contributed by atoms with Gasteiger partial charge < -0.3 is 10.4 Å². The van der Waals surface area contributed by atoms with Crippen molar-refractivity contribution in [3.8, 4) is 0 Å². The Balaban J connectivity index is 4.28. The summed E-state index contributed by atoms with van der Waals surface area (Å²) >= 11 is 0. The van der Waals surface area contributed by atoms with Crippen LogP contribution in [0.15, 0.2) is 11.6 Å². The van der Waals surface area contributed by atoms with Crippen LogP contribution in [0.2, 0.25) is 0 Å². The van der Waals surface area contributed by atoms with Gasteiger partial charge >= 0.3 is 0 Å². The van der Waals surface area contributed by atoms with Crippen LogP contribution < -0.4 is 5.32 Å². The van der Waals surface area contributed by atoms with Gasteiger partial charge in [0.05, 0.1) is 0 Å². The molecule has 0 radical (unpaired) electrons. The van der Waals surface area contributed by atoms with Gasteiger partial charge in [-0.15, -0.1) is 0 Å². The Morgan fingerprint density at radius 1 is 1.47 bits per heavy atom. The van der Waals surface area contributed by atoms with Crippen LogP contribution in [-0.4, -0.2) is 23.7 Å². The lowest BCUT2D eigenvalue weighted by molar-refractivity contribution is -0.118. The summed E-state index contributed by atoms with van der Waals surface area (Å²) in [5.74, 6) is 0.319. The summed E-state index contributed by atoms with van der Waals surface area (Å²) in [6, 6.07) is 0.0581. The number of carbonyl (C=O) groups is 1. The summed E-state index contributed by atoms with van der Waals surface area (Å²) in [4.78, 5) is 11.7. The minimum Gasteiger partial charge on any atom is -0.396 e. The van der Waals surface area contributed by atoms with Gasteiger partial charge in [0.1, 0.15) is 0 Å². The average Bonchev–Trinajstić information content (AvgIpc) is 2.17. The van der Waals surface area contributed by atoms with Gasteiger partial charge in [-0.2, -0.15) is 0 Å². The molecule has 0 bridgehead atoms. The molecule has 1 unspecified atom stereocenters. The van der Waals surface area contributed by atoms with Gasteiger partial charge in [-0.1, -0.05) is 26.8 Å². The summed E-state index contributed by atoms with van der Waals surface area (Å²) in [7, 11) is 0. The molecular weight excluding hydrogens is 190 g/mol. The molecule has 15 heavy (non-hydrogen) atoms. The Morgan fingerprint density at radius 3 is 2.47 bits per heavy atom. The van der Waals surface area contributed by atoms with E-state index in [4.69, 9.17) is 5.11 Å². The van der Waals surface area contributed by atoms with E-state index in [9.17, 15) is 4.79 Å². The van der Waals surface area contributed by atoms with Crippen LogP contribution >= 0.6 is 0 Å². The van der Waals surface area contributed by atoms with E-state index >= 15 is 0 Å². The first-order chi connectivity index (χ1) is 7.02. The monoisotopic (exact) mass is 213 g/mol. The van der Waals surface area contributed by atoms with Crippen LogP contribution in [0.4, 0.5) is 0 Å². The maximum absolute atomic E-state index is 11.7. The van der Waals surface area contributed by atoms with Crippen molar-refractivity contribution in [3.05, 3.63) is 11.6 Å². The van der Waals surface area contributed by atoms with Crippen molar-refractivity contribution < 1.29 is 9.90 Å². The molecule has 0 fully saturated rings. The van der Waals surface area contributed by atoms with E-state index in [1.54, 1.807) is 0 Å². The lowest BCUT2D eigenvalue weighted by Crippen LogP contribution is -2.39. The highest BCUT2D eigenvalue weighted by molar-refractivity contribution is 5.92. The van der Waals surface area contributed by atoms with Crippen LogP contribution in [0.5, 0.6) is 0 Å². The summed E-state index contributed by atoms with van der Waals surface area (Å²) < 4.78 is 0. The van der Waals surface area contributed by atoms with Crippen LogP contribution in [0.3, 0.4) is 0 Å². The summed E-state index contributed by atoms with van der Waals surface area (Å²) in [6.45, 7) is 8.01. The fourth-order valence-corrected chi connectivity index (χ4v) is 1.39. The number of aliphatic hydroxyl groups excluding tert-OH is 1. The fourth-order valence-electron chi connectivity index (χ4n) is 1.39. The summed E-state index contributed by atoms with van der Waals surface area (Å²) in [6.07, 6.45) is 3.39. The van der Waals surface area contributed by atoms with Gasteiger partial charge in [0, 0.05) is 18.2 Å². The van der Waals surface area contributed by atoms with Gasteiger partial charge in [0.15, 0.2) is 0 Å². The zero-order valence-corrected chi connectivity index (χ0v) is 10.2. The number of hydrogen-bond donors (Lipinski definition) is 2. The lowest BCUT2D eigenvalue weighted by atomic mass is 10.0. The number of aliphatic hydroxyl groups is 1. The van der Waals surface area contributed by atoms with E-state index in [0.29, 0.717) is 12.3 Å². The maximum Gasteiger partial charge on any atom is 0.246 e. The molecule has 0 spiro atoms. The van der Waals surface area contributed by atoms with E-state index < -0.39 is 0 Å². The summed E-state index contributed by atoms with van der Waals surface area (Å²) in [5.41, 5.74) is 0.751. The van der Waals surface area contributed by atoms with Gasteiger partial charge in [0.25, 0.3) is 0 Å². The molecule has 0 aromatic carbocycles. The second kappa shape index (κ2) is 7.46. The van der Waals surface area contributed by atoms with Crippen molar-refractivity contribution in [1.82, 2.24) is 5.32 Å². The van der Waals surface area contributed by atoms with Crippen molar-refractivity contribution in [2.45, 2.75) is 46.6 Å². The van der Waals surface area contributed by atoms with E-state index in [-0.39, 0.29) is 18.6 Å². The average molecular weight is 213 g/mol. The van der Waals surface area contributed by atoms with Crippen LogP contribution in [-0.2, 0) is 4.79 Å². The number of allylic oxidation sites excluding steroid dienone is 1. The molecule has 1 atom stereocenters. The maximum atomic E-state index is 11.7. The van der Waals surface area contributed by atoms with Crippen LogP contribution in [0.25, 0.3) is 0 Å². The topological polar surface area (TPSA) is 49.3 Å². The third-order valence-electron chi connectivity index (χ3n) is 2.43. The van der Waals surface area contributed by atoms with Crippen molar-refractivity contribution in [3.63, 3.8) is 0 Å². The molecule has 88 valence electrons. The Morgan fingerprint density at radius 2 is 2.07 bits per heavy atom. The first kappa shape index (κ1) is 14.2. The quantitative estimate of drug-likeness (QED) is 0.662. The van der Waals surface area contributed by atoms with E-state index in [1.807, 2.05) is 33.8 Å². The van der Waals surface area contributed by atoms with E-state index in [0.717, 1.165) is 12.0 Å². The second-order valence-corrected chi connectivity index (χ2v) is 4.13. The zero-order valence-electron chi connectivity index (χ0n) is 10.2. The normalized spacial score (nSPS) is 14.1. The number of rotatable bonds is 6. The Hall–Kier alpha value is -0.830. The molecular formula is C12H23NO2. The van der Waals surface area contributed by atoms with Crippen molar-refractivity contribution >= 4 is 5.91 Å². The van der Waals surface area contributed by atoms with E-state index in [1.165, 1.54) is 0 Å². The van der Waals surface area contributed by atoms with Crippen LogP contribution in [0, 0.1) is 5.92 Å². The third kappa shape index (κ3) is 5.57. The Labute approximate surface area is 92.6 Å². The largest absolute Gasteiger partial charge is 0.396 e. The number of nitrogens with one attached hydrogen (secondary N) is 1. The molecule has 0 heterocycles. The number of amides is 1. The number of hydrogen-bond acceptors (Lipinski definition) is 2. The highest BCUT2D eigenvalue weighted by Crippen LogP contribution is 2.07. The molecule has 0 aliphatic rings. The predicted molar refractivity (Wildman–Crippen MR) is 62.5 cm³/mol. The standard InChI is InChI=1S/C12H23NO2/c1-5-6-10(4)12(15)13-11(7-8-14)9(2)3/h6,9,11,14H,5,7-8H2,1-4H3,(H,13,15)/b10-6-. The molecule has 0 aromatic rings.